The first-order chi connectivity index (χ1) is 14.9. The molecule has 4 rings (SSSR count). The third-order valence-electron chi connectivity index (χ3n) is 6.40. The number of nitrogens with zero attached hydrogens (tertiary/aromatic N) is 2. The standard InChI is InChI=1S/C25H26N2O4/c1-15-13-19-20(14-16(15)2)27-24-23(26-19)17-7-5-6-8-18(17)25(24,11-9-21(28)30-3)12-10-22(29)31-4/h5-8,13-14H,9-12H2,1-4H3. The summed E-state index contributed by atoms with van der Waals surface area (Å²) >= 11 is 0. The van der Waals surface area contributed by atoms with E-state index in [9.17, 15) is 9.59 Å². The Labute approximate surface area is 181 Å². The van der Waals surface area contributed by atoms with Crippen molar-refractivity contribution in [1.82, 2.24) is 9.97 Å². The molecular weight excluding hydrogens is 392 g/mol. The van der Waals surface area contributed by atoms with Crippen LogP contribution in [-0.2, 0) is 24.5 Å². The molecule has 3 aromatic rings. The van der Waals surface area contributed by atoms with E-state index < -0.39 is 5.41 Å². The first-order valence-corrected chi connectivity index (χ1v) is 10.4. The van der Waals surface area contributed by atoms with Crippen molar-refractivity contribution in [3.63, 3.8) is 0 Å². The summed E-state index contributed by atoms with van der Waals surface area (Å²) in [6, 6.07) is 12.1. The molecule has 0 spiro atoms. The van der Waals surface area contributed by atoms with E-state index in [1.165, 1.54) is 14.2 Å². The highest BCUT2D eigenvalue weighted by Gasteiger charge is 2.46. The highest BCUT2D eigenvalue weighted by Crippen LogP contribution is 2.52. The molecule has 6 heteroatoms. The van der Waals surface area contributed by atoms with Crippen molar-refractivity contribution in [2.24, 2.45) is 0 Å². The molecule has 0 saturated carbocycles. The summed E-state index contributed by atoms with van der Waals surface area (Å²) in [6.07, 6.45) is 1.40. The Morgan fingerprint density at radius 3 is 2.00 bits per heavy atom. The van der Waals surface area contributed by atoms with Crippen molar-refractivity contribution in [2.75, 3.05) is 14.2 Å². The Balaban J connectivity index is 1.94. The van der Waals surface area contributed by atoms with Gasteiger partial charge in [-0.05, 0) is 55.5 Å². The predicted molar refractivity (Wildman–Crippen MR) is 118 cm³/mol. The number of rotatable bonds is 6. The molecule has 1 aliphatic rings. The monoisotopic (exact) mass is 418 g/mol. The van der Waals surface area contributed by atoms with Crippen LogP contribution in [0.3, 0.4) is 0 Å². The lowest BCUT2D eigenvalue weighted by Crippen LogP contribution is -2.29. The number of aryl methyl sites for hydroxylation is 2. The van der Waals surface area contributed by atoms with E-state index >= 15 is 0 Å². The van der Waals surface area contributed by atoms with E-state index in [1.54, 1.807) is 0 Å². The fourth-order valence-corrected chi connectivity index (χ4v) is 4.53. The SMILES string of the molecule is COC(=O)CCC1(CCC(=O)OC)c2ccccc2-c2nc3cc(C)c(C)cc3nc21. The number of hydrogen-bond donors (Lipinski definition) is 0. The minimum atomic E-state index is -0.617. The van der Waals surface area contributed by atoms with E-state index in [0.29, 0.717) is 12.8 Å². The first-order valence-electron chi connectivity index (χ1n) is 10.4. The molecular formula is C25H26N2O4. The molecule has 0 saturated heterocycles. The smallest absolute Gasteiger partial charge is 0.305 e. The maximum absolute atomic E-state index is 12.1. The second-order valence-corrected chi connectivity index (χ2v) is 8.13. The lowest BCUT2D eigenvalue weighted by atomic mass is 9.73. The van der Waals surface area contributed by atoms with Crippen molar-refractivity contribution in [1.29, 1.82) is 0 Å². The Kier molecular flexibility index (Phi) is 5.48. The zero-order valence-corrected chi connectivity index (χ0v) is 18.3. The van der Waals surface area contributed by atoms with Crippen molar-refractivity contribution >= 4 is 23.0 Å². The van der Waals surface area contributed by atoms with Gasteiger partial charge in [-0.25, -0.2) is 9.97 Å². The predicted octanol–water partition coefficient (Wildman–Crippen LogP) is 4.42. The topological polar surface area (TPSA) is 78.4 Å². The molecule has 2 aromatic carbocycles. The van der Waals surface area contributed by atoms with E-state index in [-0.39, 0.29) is 24.8 Å². The maximum Gasteiger partial charge on any atom is 0.305 e. The van der Waals surface area contributed by atoms with Crippen molar-refractivity contribution in [2.45, 2.75) is 44.9 Å². The molecule has 1 aliphatic carbocycles. The number of benzene rings is 2. The average molecular weight is 418 g/mol. The van der Waals surface area contributed by atoms with Gasteiger partial charge in [0.2, 0.25) is 0 Å². The number of carbonyl (C=O) groups is 2. The molecule has 0 amide bonds. The third kappa shape index (κ3) is 3.56. The molecule has 160 valence electrons. The quantitative estimate of drug-likeness (QED) is 0.552. The van der Waals surface area contributed by atoms with Crippen LogP contribution in [0, 0.1) is 13.8 Å². The summed E-state index contributed by atoms with van der Waals surface area (Å²) in [7, 11) is 2.77. The van der Waals surface area contributed by atoms with Gasteiger partial charge in [0.25, 0.3) is 0 Å². The van der Waals surface area contributed by atoms with Gasteiger partial charge in [-0.1, -0.05) is 24.3 Å². The Bertz CT molecular complexity index is 1170. The molecule has 0 bridgehead atoms. The number of carbonyl (C=O) groups excluding carboxylic acids is 2. The van der Waals surface area contributed by atoms with Crippen LogP contribution in [0.5, 0.6) is 0 Å². The number of aromatic nitrogens is 2. The normalized spacial score (nSPS) is 13.5. The third-order valence-corrected chi connectivity index (χ3v) is 6.40. The van der Waals surface area contributed by atoms with Crippen LogP contribution >= 0.6 is 0 Å². The van der Waals surface area contributed by atoms with Crippen LogP contribution in [0.25, 0.3) is 22.3 Å². The highest BCUT2D eigenvalue weighted by atomic mass is 16.5. The highest BCUT2D eigenvalue weighted by molar-refractivity contribution is 5.85. The van der Waals surface area contributed by atoms with Gasteiger partial charge in [0.1, 0.15) is 0 Å². The molecule has 0 radical (unpaired) electrons. The molecule has 0 aliphatic heterocycles. The van der Waals surface area contributed by atoms with E-state index in [2.05, 4.69) is 26.0 Å². The number of esters is 2. The molecule has 0 atom stereocenters. The van der Waals surface area contributed by atoms with Gasteiger partial charge in [0, 0.05) is 23.8 Å². The molecule has 0 fully saturated rings. The lowest BCUT2D eigenvalue weighted by Gasteiger charge is -2.30. The van der Waals surface area contributed by atoms with Crippen molar-refractivity contribution in [3.05, 3.63) is 58.8 Å². The fraction of sp³-hybridized carbons (Fsp3) is 0.360. The van der Waals surface area contributed by atoms with E-state index in [1.807, 2.05) is 24.3 Å². The van der Waals surface area contributed by atoms with Crippen molar-refractivity contribution < 1.29 is 19.1 Å². The van der Waals surface area contributed by atoms with Crippen LogP contribution < -0.4 is 0 Å². The Hall–Kier alpha value is -3.28. The summed E-state index contributed by atoms with van der Waals surface area (Å²) in [6.45, 7) is 4.12. The fourth-order valence-electron chi connectivity index (χ4n) is 4.53. The van der Waals surface area contributed by atoms with Gasteiger partial charge < -0.3 is 9.47 Å². The van der Waals surface area contributed by atoms with Gasteiger partial charge in [-0.3, -0.25) is 9.59 Å². The minimum Gasteiger partial charge on any atom is -0.469 e. The van der Waals surface area contributed by atoms with Gasteiger partial charge in [-0.2, -0.15) is 0 Å². The zero-order chi connectivity index (χ0) is 22.2. The largest absolute Gasteiger partial charge is 0.469 e. The van der Waals surface area contributed by atoms with Crippen LogP contribution in [0.4, 0.5) is 0 Å². The molecule has 31 heavy (non-hydrogen) atoms. The average Bonchev–Trinajstić information content (AvgIpc) is 3.04. The zero-order valence-electron chi connectivity index (χ0n) is 18.3. The van der Waals surface area contributed by atoms with Gasteiger partial charge in [-0.15, -0.1) is 0 Å². The second kappa shape index (κ2) is 8.10. The molecule has 1 aromatic heterocycles. The van der Waals surface area contributed by atoms with Gasteiger partial charge in [0.15, 0.2) is 0 Å². The first kappa shape index (κ1) is 21.0. The van der Waals surface area contributed by atoms with Crippen LogP contribution in [0.1, 0.15) is 48.1 Å². The van der Waals surface area contributed by atoms with E-state index in [0.717, 1.165) is 44.7 Å². The second-order valence-electron chi connectivity index (χ2n) is 8.13. The summed E-state index contributed by atoms with van der Waals surface area (Å²) < 4.78 is 9.82. The summed E-state index contributed by atoms with van der Waals surface area (Å²) in [5.74, 6) is -0.577. The summed E-state index contributed by atoms with van der Waals surface area (Å²) in [5.41, 5.74) is 7.03. The molecule has 6 nitrogen and oxygen atoms in total. The molecule has 0 N–H and O–H groups in total. The van der Waals surface area contributed by atoms with Gasteiger partial charge in [0.05, 0.1) is 36.6 Å². The molecule has 1 heterocycles. The summed E-state index contributed by atoms with van der Waals surface area (Å²) in [5, 5.41) is 0. The summed E-state index contributed by atoms with van der Waals surface area (Å²) in [4.78, 5) is 34.2. The van der Waals surface area contributed by atoms with Crippen LogP contribution in [-0.4, -0.2) is 36.1 Å². The number of methoxy groups -OCH3 is 2. The Morgan fingerprint density at radius 2 is 1.42 bits per heavy atom. The van der Waals surface area contributed by atoms with Crippen LogP contribution in [0.2, 0.25) is 0 Å². The lowest BCUT2D eigenvalue weighted by molar-refractivity contribution is -0.141. The number of fused-ring (bicyclic) bond motifs is 4. The van der Waals surface area contributed by atoms with E-state index in [4.69, 9.17) is 19.4 Å². The van der Waals surface area contributed by atoms with Crippen LogP contribution in [0.15, 0.2) is 36.4 Å². The maximum atomic E-state index is 12.1. The minimum absolute atomic E-state index is 0.220. The molecule has 0 unspecified atom stereocenters. The van der Waals surface area contributed by atoms with Gasteiger partial charge >= 0.3 is 11.9 Å². The van der Waals surface area contributed by atoms with Crippen molar-refractivity contribution in [3.8, 4) is 11.3 Å². The number of hydrogen-bond acceptors (Lipinski definition) is 6. The Morgan fingerprint density at radius 1 is 0.871 bits per heavy atom. The number of ether oxygens (including phenoxy) is 2.